The minimum absolute atomic E-state index is 0.855. The van der Waals surface area contributed by atoms with Crippen molar-refractivity contribution in [3.05, 3.63) is 72.0 Å². The standard InChI is InChI=1S/C21H32N2S/c1-7-10-12-19(17-23(6)15-16-24)13-14-20(18(4)5)21(11-8-2)22-9-3/h7-14,24H,3,15-17H2,1-2,4-6H3/b10-7-,11-8-,14-13+,19-12+,22-21?. The molecule has 0 saturated carbocycles. The molecule has 0 heterocycles. The molecule has 0 unspecified atom stereocenters. The molecule has 0 aromatic rings. The van der Waals surface area contributed by atoms with Gasteiger partial charge < -0.3 is 4.90 Å². The highest BCUT2D eigenvalue weighted by Gasteiger charge is 2.04. The Kier molecular flexibility index (Phi) is 12.9. The Hall–Kier alpha value is -1.58. The summed E-state index contributed by atoms with van der Waals surface area (Å²) < 4.78 is 0. The fourth-order valence-corrected chi connectivity index (χ4v) is 2.44. The Balaban J connectivity index is 5.58. The minimum atomic E-state index is 0.855. The summed E-state index contributed by atoms with van der Waals surface area (Å²) in [7, 11) is 2.11. The van der Waals surface area contributed by atoms with Crippen molar-refractivity contribution in [1.29, 1.82) is 0 Å². The summed E-state index contributed by atoms with van der Waals surface area (Å²) in [6.07, 6.45) is 16.2. The van der Waals surface area contributed by atoms with Crippen molar-refractivity contribution in [2.75, 3.05) is 25.9 Å². The zero-order chi connectivity index (χ0) is 18.4. The van der Waals surface area contributed by atoms with Gasteiger partial charge in [-0.05, 0) is 52.0 Å². The predicted octanol–water partition coefficient (Wildman–Crippen LogP) is 5.40. The fourth-order valence-electron chi connectivity index (χ4n) is 2.10. The van der Waals surface area contributed by atoms with Crippen LogP contribution in [0.5, 0.6) is 0 Å². The first-order valence-electron chi connectivity index (χ1n) is 8.28. The summed E-state index contributed by atoms with van der Waals surface area (Å²) in [5.74, 6) is 0.855. The van der Waals surface area contributed by atoms with Crippen molar-refractivity contribution in [3.63, 3.8) is 0 Å². The van der Waals surface area contributed by atoms with Gasteiger partial charge in [-0.1, -0.05) is 48.6 Å². The summed E-state index contributed by atoms with van der Waals surface area (Å²) in [5.41, 5.74) is 4.52. The Morgan fingerprint density at radius 1 is 1.12 bits per heavy atom. The third-order valence-electron chi connectivity index (χ3n) is 3.27. The van der Waals surface area contributed by atoms with Gasteiger partial charge in [-0.15, -0.1) is 0 Å². The van der Waals surface area contributed by atoms with E-state index in [4.69, 9.17) is 0 Å². The van der Waals surface area contributed by atoms with E-state index in [0.29, 0.717) is 0 Å². The number of allylic oxidation sites excluding steroid dienone is 8. The first-order valence-corrected chi connectivity index (χ1v) is 8.91. The van der Waals surface area contributed by atoms with Crippen LogP contribution in [0.25, 0.3) is 0 Å². The van der Waals surface area contributed by atoms with E-state index in [-0.39, 0.29) is 0 Å². The van der Waals surface area contributed by atoms with Gasteiger partial charge in [0.1, 0.15) is 0 Å². The molecule has 0 radical (unpaired) electrons. The molecule has 0 aliphatic rings. The first kappa shape index (κ1) is 22.4. The number of thiol groups is 1. The quantitative estimate of drug-likeness (QED) is 0.318. The van der Waals surface area contributed by atoms with Crippen molar-refractivity contribution in [1.82, 2.24) is 4.90 Å². The lowest BCUT2D eigenvalue weighted by molar-refractivity contribution is 0.390. The Morgan fingerprint density at radius 2 is 1.83 bits per heavy atom. The number of hydrogen-bond donors (Lipinski definition) is 1. The van der Waals surface area contributed by atoms with Gasteiger partial charge >= 0.3 is 0 Å². The van der Waals surface area contributed by atoms with Crippen LogP contribution in [0.3, 0.4) is 0 Å². The highest BCUT2D eigenvalue weighted by molar-refractivity contribution is 7.80. The second-order valence-electron chi connectivity index (χ2n) is 5.67. The second-order valence-corrected chi connectivity index (χ2v) is 6.12. The summed E-state index contributed by atoms with van der Waals surface area (Å²) in [5, 5.41) is 0. The third kappa shape index (κ3) is 9.53. The van der Waals surface area contributed by atoms with Gasteiger partial charge in [-0.25, -0.2) is 0 Å². The average molecular weight is 345 g/mol. The van der Waals surface area contributed by atoms with Crippen molar-refractivity contribution in [3.8, 4) is 0 Å². The summed E-state index contributed by atoms with van der Waals surface area (Å²) in [6.45, 7) is 13.8. The maximum Gasteiger partial charge on any atom is 0.0697 e. The molecule has 3 heteroatoms. The largest absolute Gasteiger partial charge is 0.301 e. The van der Waals surface area contributed by atoms with Crippen LogP contribution in [0.4, 0.5) is 0 Å². The summed E-state index contributed by atoms with van der Waals surface area (Å²) in [6, 6.07) is 0. The Morgan fingerprint density at radius 3 is 2.33 bits per heavy atom. The lowest BCUT2D eigenvalue weighted by atomic mass is 10.0. The molecule has 0 aromatic carbocycles. The highest BCUT2D eigenvalue weighted by Crippen LogP contribution is 2.12. The van der Waals surface area contributed by atoms with Crippen LogP contribution in [0.1, 0.15) is 27.7 Å². The van der Waals surface area contributed by atoms with Crippen LogP contribution in [-0.4, -0.2) is 36.5 Å². The molecule has 0 rings (SSSR count). The normalized spacial score (nSPS) is 13.6. The third-order valence-corrected chi connectivity index (χ3v) is 3.47. The molecular weight excluding hydrogens is 312 g/mol. The maximum atomic E-state index is 4.40. The molecular formula is C21H32N2S. The zero-order valence-electron chi connectivity index (χ0n) is 15.8. The lowest BCUT2D eigenvalue weighted by Gasteiger charge is -2.16. The Labute approximate surface area is 154 Å². The molecule has 0 fully saturated rings. The lowest BCUT2D eigenvalue weighted by Crippen LogP contribution is -2.22. The molecule has 0 saturated heterocycles. The van der Waals surface area contributed by atoms with Gasteiger partial charge in [0.15, 0.2) is 0 Å². The van der Waals surface area contributed by atoms with Crippen LogP contribution >= 0.6 is 12.6 Å². The monoisotopic (exact) mass is 344 g/mol. The van der Waals surface area contributed by atoms with Gasteiger partial charge in [-0.2, -0.15) is 12.6 Å². The first-order chi connectivity index (χ1) is 11.5. The van der Waals surface area contributed by atoms with Gasteiger partial charge in [0.25, 0.3) is 0 Å². The molecule has 0 aliphatic carbocycles. The van der Waals surface area contributed by atoms with Crippen molar-refractivity contribution >= 4 is 18.3 Å². The molecule has 0 aromatic heterocycles. The summed E-state index contributed by atoms with van der Waals surface area (Å²) >= 11 is 4.30. The molecule has 0 aliphatic heterocycles. The van der Waals surface area contributed by atoms with E-state index in [0.717, 1.165) is 30.1 Å². The van der Waals surface area contributed by atoms with E-state index in [1.54, 1.807) is 6.20 Å². The highest BCUT2D eigenvalue weighted by atomic mass is 32.1. The topological polar surface area (TPSA) is 15.6 Å². The van der Waals surface area contributed by atoms with Crippen molar-refractivity contribution < 1.29 is 0 Å². The van der Waals surface area contributed by atoms with Crippen LogP contribution in [0, 0.1) is 0 Å². The van der Waals surface area contributed by atoms with Gasteiger partial charge in [0, 0.05) is 25.0 Å². The molecule has 0 atom stereocenters. The van der Waals surface area contributed by atoms with Gasteiger partial charge in [0.05, 0.1) is 5.71 Å². The van der Waals surface area contributed by atoms with E-state index in [9.17, 15) is 0 Å². The smallest absolute Gasteiger partial charge is 0.0697 e. The van der Waals surface area contributed by atoms with E-state index in [1.807, 2.05) is 32.1 Å². The SMILES string of the molecule is C=CN=C(/C=C\C)C(/C=C/C(=C\C=C/C)CN(C)CCS)=C(C)C. The maximum absolute atomic E-state index is 4.40. The number of likely N-dealkylation sites (N-methyl/N-ethyl adjacent to an activating group) is 1. The minimum Gasteiger partial charge on any atom is -0.301 e. The average Bonchev–Trinajstić information content (AvgIpc) is 2.52. The molecule has 132 valence electrons. The van der Waals surface area contributed by atoms with Gasteiger partial charge in [-0.3, -0.25) is 4.99 Å². The molecule has 2 nitrogen and oxygen atoms in total. The summed E-state index contributed by atoms with van der Waals surface area (Å²) in [4.78, 5) is 6.66. The number of rotatable bonds is 10. The number of hydrogen-bond acceptors (Lipinski definition) is 3. The van der Waals surface area contributed by atoms with Crippen LogP contribution in [0.15, 0.2) is 77.0 Å². The van der Waals surface area contributed by atoms with E-state index < -0.39 is 0 Å². The van der Waals surface area contributed by atoms with Gasteiger partial charge in [0.2, 0.25) is 0 Å². The predicted molar refractivity (Wildman–Crippen MR) is 114 cm³/mol. The fraction of sp³-hybridized carbons (Fsp3) is 0.381. The zero-order valence-corrected chi connectivity index (χ0v) is 16.7. The van der Waals surface area contributed by atoms with E-state index in [1.165, 1.54) is 11.1 Å². The molecule has 0 N–H and O–H groups in total. The van der Waals surface area contributed by atoms with Crippen LogP contribution < -0.4 is 0 Å². The molecule has 0 amide bonds. The number of nitrogens with zero attached hydrogens (tertiary/aromatic N) is 2. The second kappa shape index (κ2) is 13.8. The Bertz CT molecular complexity index is 556. The molecule has 24 heavy (non-hydrogen) atoms. The van der Waals surface area contributed by atoms with E-state index >= 15 is 0 Å². The molecule has 0 bridgehead atoms. The van der Waals surface area contributed by atoms with Crippen LogP contribution in [-0.2, 0) is 0 Å². The number of aliphatic imine (C=N–C) groups is 1. The van der Waals surface area contributed by atoms with Crippen molar-refractivity contribution in [2.24, 2.45) is 4.99 Å². The molecule has 0 spiro atoms. The van der Waals surface area contributed by atoms with Crippen LogP contribution in [0.2, 0.25) is 0 Å². The van der Waals surface area contributed by atoms with Crippen molar-refractivity contribution in [2.45, 2.75) is 27.7 Å². The van der Waals surface area contributed by atoms with E-state index in [2.05, 4.69) is 74.3 Å².